The van der Waals surface area contributed by atoms with E-state index in [0.29, 0.717) is 11.8 Å². The van der Waals surface area contributed by atoms with E-state index in [2.05, 4.69) is 19.5 Å². The molecule has 0 bridgehead atoms. The Morgan fingerprint density at radius 3 is 2.19 bits per heavy atom. The highest BCUT2D eigenvalue weighted by Gasteiger charge is 2.22. The maximum Gasteiger partial charge on any atom is 0.370 e. The van der Waals surface area contributed by atoms with Gasteiger partial charge in [0.2, 0.25) is 12.7 Å². The standard InChI is InChI=1S/C12H19NO7S/c1-7(2)10(15)19-6-20-12(17)21-5-9(11(16)18-4)13-8(3)14/h7,9H,5-6H2,1-4H3,(H,13,14)/t9-/m0/s1. The van der Waals surface area contributed by atoms with Crippen molar-refractivity contribution in [1.82, 2.24) is 5.32 Å². The molecule has 0 spiro atoms. The van der Waals surface area contributed by atoms with Gasteiger partial charge < -0.3 is 19.5 Å². The second-order valence-corrected chi connectivity index (χ2v) is 5.17. The number of methoxy groups -OCH3 is 1. The van der Waals surface area contributed by atoms with E-state index in [1.54, 1.807) is 13.8 Å². The van der Waals surface area contributed by atoms with Crippen LogP contribution in [0.4, 0.5) is 4.79 Å². The summed E-state index contributed by atoms with van der Waals surface area (Å²) in [7, 11) is 1.17. The van der Waals surface area contributed by atoms with Gasteiger partial charge in [-0.1, -0.05) is 13.8 Å². The van der Waals surface area contributed by atoms with Crippen LogP contribution >= 0.6 is 11.8 Å². The minimum absolute atomic E-state index is 0.0524. The van der Waals surface area contributed by atoms with Crippen molar-refractivity contribution in [3.63, 3.8) is 0 Å². The van der Waals surface area contributed by atoms with Crippen LogP contribution in [0.25, 0.3) is 0 Å². The van der Waals surface area contributed by atoms with E-state index in [-0.39, 0.29) is 11.7 Å². The third-order valence-corrected chi connectivity index (χ3v) is 2.93. The molecular formula is C12H19NO7S. The van der Waals surface area contributed by atoms with Gasteiger partial charge in [-0.15, -0.1) is 0 Å². The Morgan fingerprint density at radius 2 is 1.71 bits per heavy atom. The Labute approximate surface area is 126 Å². The Bertz CT molecular complexity index is 397. The predicted molar refractivity (Wildman–Crippen MR) is 74.4 cm³/mol. The van der Waals surface area contributed by atoms with Crippen molar-refractivity contribution in [2.45, 2.75) is 26.8 Å². The van der Waals surface area contributed by atoms with Crippen molar-refractivity contribution in [1.29, 1.82) is 0 Å². The lowest BCUT2D eigenvalue weighted by Gasteiger charge is -2.14. The SMILES string of the molecule is COC(=O)[C@H](CSC(=O)OCOC(=O)C(C)C)NC(C)=O. The number of carbonyl (C=O) groups is 4. The molecule has 1 amide bonds. The van der Waals surface area contributed by atoms with Crippen LogP contribution in [-0.2, 0) is 28.6 Å². The van der Waals surface area contributed by atoms with Crippen LogP contribution in [-0.4, -0.2) is 48.8 Å². The summed E-state index contributed by atoms with van der Waals surface area (Å²) in [6, 6.07) is -0.955. The minimum Gasteiger partial charge on any atom is -0.467 e. The van der Waals surface area contributed by atoms with Crippen molar-refractivity contribution in [3.8, 4) is 0 Å². The number of hydrogen-bond donors (Lipinski definition) is 1. The van der Waals surface area contributed by atoms with Crippen LogP contribution < -0.4 is 5.32 Å². The Balaban J connectivity index is 4.10. The molecule has 21 heavy (non-hydrogen) atoms. The van der Waals surface area contributed by atoms with E-state index < -0.39 is 36.0 Å². The first-order chi connectivity index (χ1) is 9.77. The smallest absolute Gasteiger partial charge is 0.370 e. The molecule has 0 saturated heterocycles. The first kappa shape index (κ1) is 19.2. The molecule has 1 atom stereocenters. The third kappa shape index (κ3) is 8.90. The lowest BCUT2D eigenvalue weighted by Crippen LogP contribution is -2.42. The highest BCUT2D eigenvalue weighted by Crippen LogP contribution is 2.09. The molecule has 0 unspecified atom stereocenters. The van der Waals surface area contributed by atoms with Gasteiger partial charge in [-0.2, -0.15) is 0 Å². The molecule has 0 saturated carbocycles. The molecule has 0 aliphatic rings. The molecule has 0 rings (SSSR count). The zero-order valence-corrected chi connectivity index (χ0v) is 13.2. The van der Waals surface area contributed by atoms with E-state index in [4.69, 9.17) is 0 Å². The summed E-state index contributed by atoms with van der Waals surface area (Å²) in [4.78, 5) is 44.8. The van der Waals surface area contributed by atoms with E-state index in [9.17, 15) is 19.2 Å². The molecule has 0 fully saturated rings. The molecule has 0 radical (unpaired) electrons. The van der Waals surface area contributed by atoms with Crippen molar-refractivity contribution < 1.29 is 33.4 Å². The van der Waals surface area contributed by atoms with Crippen LogP contribution in [0, 0.1) is 5.92 Å². The molecule has 0 aromatic rings. The van der Waals surface area contributed by atoms with Crippen molar-refractivity contribution in [2.75, 3.05) is 19.7 Å². The maximum atomic E-state index is 11.4. The number of hydrogen-bond acceptors (Lipinski definition) is 8. The molecule has 1 N–H and O–H groups in total. The highest BCUT2D eigenvalue weighted by molar-refractivity contribution is 8.13. The van der Waals surface area contributed by atoms with Gasteiger partial charge in [-0.25, -0.2) is 9.59 Å². The summed E-state index contributed by atoms with van der Waals surface area (Å²) >= 11 is 0.662. The number of ether oxygens (including phenoxy) is 3. The molecule has 120 valence electrons. The average Bonchev–Trinajstić information content (AvgIpc) is 2.41. The summed E-state index contributed by atoms with van der Waals surface area (Å²) in [5, 5.41) is 1.62. The number of rotatable bonds is 7. The zero-order chi connectivity index (χ0) is 16.4. The summed E-state index contributed by atoms with van der Waals surface area (Å²) in [5.41, 5.74) is 0. The Hall–Kier alpha value is -1.77. The second-order valence-electron chi connectivity index (χ2n) is 4.22. The van der Waals surface area contributed by atoms with Gasteiger partial charge in [-0.3, -0.25) is 9.59 Å². The Morgan fingerprint density at radius 1 is 1.10 bits per heavy atom. The zero-order valence-electron chi connectivity index (χ0n) is 12.3. The molecule has 0 aliphatic heterocycles. The largest absolute Gasteiger partial charge is 0.467 e. The number of amides is 1. The van der Waals surface area contributed by atoms with Gasteiger partial charge in [0.05, 0.1) is 13.0 Å². The minimum atomic E-state index is -0.955. The van der Waals surface area contributed by atoms with Gasteiger partial charge in [0, 0.05) is 12.7 Å². The first-order valence-electron chi connectivity index (χ1n) is 6.09. The highest BCUT2D eigenvalue weighted by atomic mass is 32.2. The van der Waals surface area contributed by atoms with Crippen LogP contribution in [0.3, 0.4) is 0 Å². The van der Waals surface area contributed by atoms with Crippen LogP contribution in [0.5, 0.6) is 0 Å². The predicted octanol–water partition coefficient (Wildman–Crippen LogP) is 0.691. The van der Waals surface area contributed by atoms with Gasteiger partial charge in [0.1, 0.15) is 6.04 Å². The molecular weight excluding hydrogens is 302 g/mol. The van der Waals surface area contributed by atoms with Gasteiger partial charge in [0.15, 0.2) is 0 Å². The second kappa shape index (κ2) is 10.0. The number of nitrogens with one attached hydrogen (secondary N) is 1. The normalized spacial score (nSPS) is 11.5. The van der Waals surface area contributed by atoms with E-state index in [1.165, 1.54) is 14.0 Å². The molecule has 0 aromatic carbocycles. The quantitative estimate of drug-likeness (QED) is 0.539. The van der Waals surface area contributed by atoms with E-state index >= 15 is 0 Å². The fourth-order valence-electron chi connectivity index (χ4n) is 1.05. The molecule has 0 aliphatic carbocycles. The molecule has 0 aromatic heterocycles. The maximum absolute atomic E-state index is 11.4. The van der Waals surface area contributed by atoms with Crippen LogP contribution in [0.2, 0.25) is 0 Å². The lowest BCUT2D eigenvalue weighted by atomic mass is 10.2. The topological polar surface area (TPSA) is 108 Å². The van der Waals surface area contributed by atoms with Gasteiger partial charge in [0.25, 0.3) is 0 Å². The number of thioether (sulfide) groups is 1. The molecule has 0 heterocycles. The summed E-state index contributed by atoms with van der Waals surface area (Å²) in [5.74, 6) is -1.95. The van der Waals surface area contributed by atoms with Crippen LogP contribution in [0.1, 0.15) is 20.8 Å². The third-order valence-electron chi connectivity index (χ3n) is 2.08. The van der Waals surface area contributed by atoms with Crippen molar-refractivity contribution in [3.05, 3.63) is 0 Å². The van der Waals surface area contributed by atoms with Crippen molar-refractivity contribution in [2.24, 2.45) is 5.92 Å². The van der Waals surface area contributed by atoms with Gasteiger partial charge >= 0.3 is 17.2 Å². The van der Waals surface area contributed by atoms with E-state index in [1.807, 2.05) is 0 Å². The molecule has 9 heteroatoms. The fraction of sp³-hybridized carbons (Fsp3) is 0.667. The summed E-state index contributed by atoms with van der Waals surface area (Å²) in [6.45, 7) is 4.04. The number of esters is 2. The summed E-state index contributed by atoms with van der Waals surface area (Å²) in [6.07, 6.45) is 0. The van der Waals surface area contributed by atoms with E-state index in [0.717, 1.165) is 0 Å². The molecule has 8 nitrogen and oxygen atoms in total. The number of carbonyl (C=O) groups excluding carboxylic acids is 4. The fourth-order valence-corrected chi connectivity index (χ4v) is 1.71. The first-order valence-corrected chi connectivity index (χ1v) is 7.07. The lowest BCUT2D eigenvalue weighted by molar-refractivity contribution is -0.155. The van der Waals surface area contributed by atoms with Crippen molar-refractivity contribution >= 4 is 34.9 Å². The monoisotopic (exact) mass is 321 g/mol. The average molecular weight is 321 g/mol. The Kier molecular flexibility index (Phi) is 9.18. The van der Waals surface area contributed by atoms with Gasteiger partial charge in [-0.05, 0) is 11.8 Å². The van der Waals surface area contributed by atoms with Crippen LogP contribution in [0.15, 0.2) is 0 Å². The summed E-state index contributed by atoms with van der Waals surface area (Å²) < 4.78 is 13.8.